The molecule has 0 spiro atoms. The molecule has 0 aliphatic heterocycles. The van der Waals surface area contributed by atoms with Gasteiger partial charge in [0.05, 0.1) is 27.0 Å². The third-order valence-corrected chi connectivity index (χ3v) is 4.55. The van der Waals surface area contributed by atoms with Crippen molar-refractivity contribution in [3.05, 3.63) is 35.2 Å². The number of benzene rings is 1. The first-order valence-corrected chi connectivity index (χ1v) is 9.14. The Kier molecular flexibility index (Phi) is 6.18. The maximum Gasteiger partial charge on any atom is 0.435 e. The first kappa shape index (κ1) is 21.5. The number of ether oxygens (including phenoxy) is 2. The first-order chi connectivity index (χ1) is 14.2. The van der Waals surface area contributed by atoms with Crippen molar-refractivity contribution in [3.8, 4) is 17.2 Å². The van der Waals surface area contributed by atoms with Gasteiger partial charge in [-0.05, 0) is 31.0 Å². The number of phenols is 1. The molecule has 2 aromatic rings. The van der Waals surface area contributed by atoms with E-state index in [4.69, 9.17) is 9.47 Å². The van der Waals surface area contributed by atoms with Crippen molar-refractivity contribution in [1.29, 1.82) is 0 Å². The third kappa shape index (κ3) is 5.02. The lowest BCUT2D eigenvalue weighted by Crippen LogP contribution is -2.20. The number of aromatic hydroxyl groups is 1. The standard InChI is InChI=1S/C19H21F3N4O4/c1-29-14-7-11(8-15(30-2)18(14)28)10-23-24-17(27)5-6-26-13(12-3-4-12)9-16(25-26)19(20,21)22/h7-10,12,28H,3-6H2,1-2H3,(H,24,27). The van der Waals surface area contributed by atoms with Crippen molar-refractivity contribution in [1.82, 2.24) is 15.2 Å². The second-order valence-electron chi connectivity index (χ2n) is 6.77. The minimum absolute atomic E-state index is 0.0180. The summed E-state index contributed by atoms with van der Waals surface area (Å²) in [5.74, 6) is -0.225. The van der Waals surface area contributed by atoms with E-state index in [1.54, 1.807) is 0 Å². The van der Waals surface area contributed by atoms with E-state index >= 15 is 0 Å². The zero-order valence-electron chi connectivity index (χ0n) is 16.4. The van der Waals surface area contributed by atoms with Crippen LogP contribution in [-0.4, -0.2) is 41.2 Å². The summed E-state index contributed by atoms with van der Waals surface area (Å²) in [6, 6.07) is 4.05. The van der Waals surface area contributed by atoms with Crippen LogP contribution in [-0.2, 0) is 17.5 Å². The predicted octanol–water partition coefficient (Wildman–Crippen LogP) is 3.04. The van der Waals surface area contributed by atoms with Gasteiger partial charge in [-0.3, -0.25) is 9.48 Å². The van der Waals surface area contributed by atoms with E-state index in [1.165, 1.54) is 37.2 Å². The van der Waals surface area contributed by atoms with Gasteiger partial charge >= 0.3 is 6.18 Å². The Morgan fingerprint density at radius 2 is 1.93 bits per heavy atom. The number of methoxy groups -OCH3 is 2. The number of aryl methyl sites for hydroxylation is 1. The highest BCUT2D eigenvalue weighted by atomic mass is 19.4. The molecule has 0 atom stereocenters. The summed E-state index contributed by atoms with van der Waals surface area (Å²) in [7, 11) is 2.76. The van der Waals surface area contributed by atoms with E-state index in [9.17, 15) is 23.1 Å². The van der Waals surface area contributed by atoms with E-state index in [2.05, 4.69) is 15.6 Å². The molecule has 1 heterocycles. The van der Waals surface area contributed by atoms with E-state index < -0.39 is 17.8 Å². The Morgan fingerprint density at radius 1 is 1.30 bits per heavy atom. The molecule has 1 fully saturated rings. The highest BCUT2D eigenvalue weighted by Crippen LogP contribution is 2.42. The fraction of sp³-hybridized carbons (Fsp3) is 0.421. The number of amides is 1. The highest BCUT2D eigenvalue weighted by Gasteiger charge is 2.37. The molecule has 1 aromatic heterocycles. The lowest BCUT2D eigenvalue weighted by atomic mass is 10.2. The average molecular weight is 426 g/mol. The molecule has 8 nitrogen and oxygen atoms in total. The number of hydrogen-bond acceptors (Lipinski definition) is 6. The van der Waals surface area contributed by atoms with Gasteiger partial charge in [0.1, 0.15) is 0 Å². The number of aromatic nitrogens is 2. The molecule has 1 saturated carbocycles. The summed E-state index contributed by atoms with van der Waals surface area (Å²) < 4.78 is 50.1. The van der Waals surface area contributed by atoms with Crippen molar-refractivity contribution in [2.75, 3.05) is 14.2 Å². The Labute approximate surface area is 170 Å². The number of halogens is 3. The van der Waals surface area contributed by atoms with Gasteiger partial charge in [-0.25, -0.2) is 5.43 Å². The van der Waals surface area contributed by atoms with Gasteiger partial charge in [0.25, 0.3) is 0 Å². The van der Waals surface area contributed by atoms with Crippen molar-refractivity contribution >= 4 is 12.1 Å². The van der Waals surface area contributed by atoms with Crippen molar-refractivity contribution < 1.29 is 32.5 Å². The molecule has 1 aliphatic carbocycles. The molecule has 11 heteroatoms. The number of rotatable bonds is 8. The normalized spacial score (nSPS) is 14.2. The van der Waals surface area contributed by atoms with Gasteiger partial charge in [0.2, 0.25) is 11.7 Å². The zero-order valence-corrected chi connectivity index (χ0v) is 16.4. The molecule has 1 aromatic carbocycles. The molecule has 30 heavy (non-hydrogen) atoms. The SMILES string of the molecule is COc1cc(C=NNC(=O)CCn2nc(C(F)(F)F)cc2C2CC2)cc(OC)c1O. The fourth-order valence-electron chi connectivity index (χ4n) is 2.89. The van der Waals surface area contributed by atoms with Crippen LogP contribution < -0.4 is 14.9 Å². The third-order valence-electron chi connectivity index (χ3n) is 4.55. The lowest BCUT2D eigenvalue weighted by molar-refractivity contribution is -0.141. The van der Waals surface area contributed by atoms with Crippen LogP contribution in [0, 0.1) is 0 Å². The second kappa shape index (κ2) is 8.64. The fourth-order valence-corrected chi connectivity index (χ4v) is 2.89. The summed E-state index contributed by atoms with van der Waals surface area (Å²) >= 11 is 0. The van der Waals surface area contributed by atoms with Crippen LogP contribution >= 0.6 is 0 Å². The largest absolute Gasteiger partial charge is 0.502 e. The van der Waals surface area contributed by atoms with Gasteiger partial charge in [-0.15, -0.1) is 0 Å². The van der Waals surface area contributed by atoms with E-state index in [-0.39, 0.29) is 36.1 Å². The summed E-state index contributed by atoms with van der Waals surface area (Å²) in [4.78, 5) is 12.0. The quantitative estimate of drug-likeness (QED) is 0.500. The topological polar surface area (TPSA) is 98.0 Å². The number of alkyl halides is 3. The second-order valence-corrected chi connectivity index (χ2v) is 6.77. The molecule has 0 saturated heterocycles. The number of hydrogen-bond donors (Lipinski definition) is 2. The molecule has 1 amide bonds. The molecule has 2 N–H and O–H groups in total. The van der Waals surface area contributed by atoms with Gasteiger partial charge in [0, 0.05) is 23.6 Å². The van der Waals surface area contributed by atoms with E-state index in [1.807, 2.05) is 0 Å². The van der Waals surface area contributed by atoms with Gasteiger partial charge in [-0.1, -0.05) is 0 Å². The minimum atomic E-state index is -4.52. The first-order valence-electron chi connectivity index (χ1n) is 9.14. The van der Waals surface area contributed by atoms with Crippen LogP contribution in [0.3, 0.4) is 0 Å². The number of carbonyl (C=O) groups is 1. The predicted molar refractivity (Wildman–Crippen MR) is 101 cm³/mol. The van der Waals surface area contributed by atoms with Crippen molar-refractivity contribution in [2.24, 2.45) is 5.10 Å². The maximum atomic E-state index is 12.9. The van der Waals surface area contributed by atoms with Crippen LogP contribution in [0.15, 0.2) is 23.3 Å². The molecular formula is C19H21F3N4O4. The van der Waals surface area contributed by atoms with Crippen LogP contribution in [0.5, 0.6) is 17.2 Å². The number of nitrogens with one attached hydrogen (secondary N) is 1. The maximum absolute atomic E-state index is 12.9. The number of carbonyl (C=O) groups excluding carboxylic acids is 1. The average Bonchev–Trinajstić information content (AvgIpc) is 3.45. The number of hydrazone groups is 1. The Bertz CT molecular complexity index is 927. The zero-order chi connectivity index (χ0) is 21.9. The van der Waals surface area contributed by atoms with Crippen LogP contribution in [0.25, 0.3) is 0 Å². The van der Waals surface area contributed by atoms with Gasteiger partial charge in [0.15, 0.2) is 17.2 Å². The van der Waals surface area contributed by atoms with Crippen LogP contribution in [0.2, 0.25) is 0 Å². The molecule has 0 unspecified atom stereocenters. The van der Waals surface area contributed by atoms with E-state index in [0.29, 0.717) is 11.3 Å². The van der Waals surface area contributed by atoms with Gasteiger partial charge < -0.3 is 14.6 Å². The monoisotopic (exact) mass is 426 g/mol. The molecule has 1 aliphatic rings. The van der Waals surface area contributed by atoms with Gasteiger partial charge in [-0.2, -0.15) is 23.4 Å². The van der Waals surface area contributed by atoms with Crippen molar-refractivity contribution in [2.45, 2.75) is 37.9 Å². The van der Waals surface area contributed by atoms with Crippen LogP contribution in [0.4, 0.5) is 13.2 Å². The lowest BCUT2D eigenvalue weighted by Gasteiger charge is -2.09. The minimum Gasteiger partial charge on any atom is -0.502 e. The molecule has 0 radical (unpaired) electrons. The summed E-state index contributed by atoms with van der Waals surface area (Å²) in [5, 5.41) is 17.3. The van der Waals surface area contributed by atoms with Crippen LogP contribution in [0.1, 0.15) is 42.1 Å². The Morgan fingerprint density at radius 3 is 2.47 bits per heavy atom. The number of nitrogens with zero attached hydrogens (tertiary/aromatic N) is 3. The number of phenolic OH excluding ortho intramolecular Hbond substituents is 1. The molecule has 162 valence electrons. The summed E-state index contributed by atoms with van der Waals surface area (Å²) in [6.45, 7) is 0.0180. The smallest absolute Gasteiger partial charge is 0.435 e. The Balaban J connectivity index is 1.60. The summed E-state index contributed by atoms with van der Waals surface area (Å²) in [6.07, 6.45) is -1.64. The summed E-state index contributed by atoms with van der Waals surface area (Å²) in [5.41, 5.74) is 2.37. The highest BCUT2D eigenvalue weighted by molar-refractivity contribution is 5.84. The molecule has 3 rings (SSSR count). The molecular weight excluding hydrogens is 405 g/mol. The Hall–Kier alpha value is -3.24. The van der Waals surface area contributed by atoms with E-state index in [0.717, 1.165) is 18.9 Å². The van der Waals surface area contributed by atoms with Crippen molar-refractivity contribution in [3.63, 3.8) is 0 Å². The molecule has 0 bridgehead atoms.